The Labute approximate surface area is 190 Å². The number of halogens is 2. The average Bonchev–Trinajstić information content (AvgIpc) is 2.78. The first kappa shape index (κ1) is 22.5. The van der Waals surface area contributed by atoms with E-state index >= 15 is 0 Å². The third kappa shape index (κ3) is 5.90. The lowest BCUT2D eigenvalue weighted by Gasteiger charge is -2.09. The van der Waals surface area contributed by atoms with Crippen molar-refractivity contribution in [3.63, 3.8) is 0 Å². The Balaban J connectivity index is 1.58. The van der Waals surface area contributed by atoms with Crippen LogP contribution in [0.25, 0.3) is 0 Å². The molecule has 0 aliphatic carbocycles. The molecular formula is C23H20Cl2N2O4. The van der Waals surface area contributed by atoms with Crippen molar-refractivity contribution in [2.45, 2.75) is 6.61 Å². The predicted molar refractivity (Wildman–Crippen MR) is 122 cm³/mol. The first-order chi connectivity index (χ1) is 15.0. The van der Waals surface area contributed by atoms with E-state index in [0.29, 0.717) is 38.4 Å². The Morgan fingerprint density at radius 2 is 1.81 bits per heavy atom. The van der Waals surface area contributed by atoms with Crippen molar-refractivity contribution in [3.8, 4) is 17.2 Å². The molecule has 0 radical (unpaired) electrons. The minimum absolute atomic E-state index is 0.286. The molecule has 0 aromatic heterocycles. The summed E-state index contributed by atoms with van der Waals surface area (Å²) >= 11 is 12.0. The highest BCUT2D eigenvalue weighted by Crippen LogP contribution is 2.29. The minimum Gasteiger partial charge on any atom is -0.493 e. The zero-order chi connectivity index (χ0) is 22.2. The molecule has 6 nitrogen and oxygen atoms in total. The van der Waals surface area contributed by atoms with Crippen molar-refractivity contribution >= 4 is 35.3 Å². The van der Waals surface area contributed by atoms with Crippen LogP contribution < -0.4 is 19.6 Å². The first-order valence-electron chi connectivity index (χ1n) is 9.23. The average molecular weight is 459 g/mol. The number of methoxy groups -OCH3 is 2. The number of carbonyl (C=O) groups excluding carboxylic acids is 1. The lowest BCUT2D eigenvalue weighted by atomic mass is 10.2. The van der Waals surface area contributed by atoms with Gasteiger partial charge in [-0.15, -0.1) is 0 Å². The fraction of sp³-hybridized carbons (Fsp3) is 0.130. The number of rotatable bonds is 8. The van der Waals surface area contributed by atoms with Gasteiger partial charge in [0.1, 0.15) is 12.4 Å². The van der Waals surface area contributed by atoms with E-state index < -0.39 is 0 Å². The molecule has 3 aromatic carbocycles. The fourth-order valence-electron chi connectivity index (χ4n) is 2.74. The molecule has 3 aromatic rings. The van der Waals surface area contributed by atoms with Crippen LogP contribution in [0.15, 0.2) is 65.8 Å². The van der Waals surface area contributed by atoms with E-state index in [1.54, 1.807) is 61.7 Å². The van der Waals surface area contributed by atoms with Gasteiger partial charge < -0.3 is 14.2 Å². The van der Waals surface area contributed by atoms with E-state index in [1.807, 2.05) is 6.07 Å². The summed E-state index contributed by atoms with van der Waals surface area (Å²) in [5.74, 6) is 1.36. The number of hydrogen-bond acceptors (Lipinski definition) is 5. The molecule has 31 heavy (non-hydrogen) atoms. The summed E-state index contributed by atoms with van der Waals surface area (Å²) in [6.07, 6.45) is 1.49. The molecule has 8 heteroatoms. The molecular weight excluding hydrogens is 439 g/mol. The van der Waals surface area contributed by atoms with Gasteiger partial charge in [0, 0.05) is 26.7 Å². The largest absolute Gasteiger partial charge is 0.493 e. The number of nitrogens with zero attached hydrogens (tertiary/aromatic N) is 1. The van der Waals surface area contributed by atoms with Crippen LogP contribution in [0.5, 0.6) is 17.2 Å². The van der Waals surface area contributed by atoms with Gasteiger partial charge in [-0.25, -0.2) is 5.43 Å². The van der Waals surface area contributed by atoms with Crippen LogP contribution >= 0.6 is 23.2 Å². The number of hydrogen-bond donors (Lipinski definition) is 1. The first-order valence-corrected chi connectivity index (χ1v) is 9.98. The Hall–Kier alpha value is -3.22. The number of hydrazone groups is 1. The number of nitrogens with one attached hydrogen (secondary N) is 1. The summed E-state index contributed by atoms with van der Waals surface area (Å²) in [6, 6.07) is 17.3. The third-order valence-electron chi connectivity index (χ3n) is 4.33. The third-order valence-corrected chi connectivity index (χ3v) is 4.92. The van der Waals surface area contributed by atoms with Crippen molar-refractivity contribution < 1.29 is 19.0 Å². The zero-order valence-electron chi connectivity index (χ0n) is 16.9. The molecule has 0 heterocycles. The maximum absolute atomic E-state index is 12.3. The van der Waals surface area contributed by atoms with Crippen molar-refractivity contribution in [1.29, 1.82) is 0 Å². The number of ether oxygens (including phenoxy) is 3. The molecule has 0 unspecified atom stereocenters. The van der Waals surface area contributed by atoms with Gasteiger partial charge in [0.15, 0.2) is 11.5 Å². The van der Waals surface area contributed by atoms with Crippen molar-refractivity contribution in [2.75, 3.05) is 14.2 Å². The van der Waals surface area contributed by atoms with Gasteiger partial charge in [0.05, 0.1) is 20.4 Å². The van der Waals surface area contributed by atoms with E-state index in [1.165, 1.54) is 13.3 Å². The van der Waals surface area contributed by atoms with Crippen LogP contribution in [0.1, 0.15) is 21.5 Å². The Kier molecular flexibility index (Phi) is 7.76. The van der Waals surface area contributed by atoms with Crippen LogP contribution in [0, 0.1) is 0 Å². The van der Waals surface area contributed by atoms with Gasteiger partial charge in [0.25, 0.3) is 5.91 Å². The molecule has 160 valence electrons. The highest BCUT2D eigenvalue weighted by atomic mass is 35.5. The van der Waals surface area contributed by atoms with E-state index in [-0.39, 0.29) is 12.5 Å². The van der Waals surface area contributed by atoms with E-state index in [4.69, 9.17) is 37.4 Å². The van der Waals surface area contributed by atoms with E-state index in [0.717, 1.165) is 5.56 Å². The quantitative estimate of drug-likeness (QED) is 0.364. The number of amides is 1. The molecule has 0 aliphatic rings. The zero-order valence-corrected chi connectivity index (χ0v) is 18.4. The summed E-state index contributed by atoms with van der Waals surface area (Å²) < 4.78 is 16.3. The van der Waals surface area contributed by atoms with Crippen LogP contribution in [0.3, 0.4) is 0 Å². The summed E-state index contributed by atoms with van der Waals surface area (Å²) in [7, 11) is 3.09. The van der Waals surface area contributed by atoms with Crippen molar-refractivity contribution in [3.05, 3.63) is 87.4 Å². The van der Waals surface area contributed by atoms with Crippen LogP contribution in [-0.2, 0) is 6.61 Å². The minimum atomic E-state index is -0.356. The fourth-order valence-corrected chi connectivity index (χ4v) is 3.20. The number of benzene rings is 3. The normalized spacial score (nSPS) is 10.7. The van der Waals surface area contributed by atoms with Gasteiger partial charge in [-0.1, -0.05) is 35.3 Å². The van der Waals surface area contributed by atoms with Crippen LogP contribution in [0.2, 0.25) is 10.0 Å². The lowest BCUT2D eigenvalue weighted by molar-refractivity contribution is 0.0955. The second-order valence-corrected chi connectivity index (χ2v) is 7.17. The monoisotopic (exact) mass is 458 g/mol. The van der Waals surface area contributed by atoms with Crippen molar-refractivity contribution in [2.24, 2.45) is 5.10 Å². The molecule has 0 aliphatic heterocycles. The molecule has 1 amide bonds. The predicted octanol–water partition coefficient (Wildman–Crippen LogP) is 5.35. The summed E-state index contributed by atoms with van der Waals surface area (Å²) in [5.41, 5.74) is 4.41. The maximum atomic E-state index is 12.3. The van der Waals surface area contributed by atoms with Gasteiger partial charge in [-0.05, 0) is 48.5 Å². The molecule has 0 bridgehead atoms. The summed E-state index contributed by atoms with van der Waals surface area (Å²) in [5, 5.41) is 5.10. The summed E-state index contributed by atoms with van der Waals surface area (Å²) in [4.78, 5) is 12.3. The smallest absolute Gasteiger partial charge is 0.271 e. The van der Waals surface area contributed by atoms with Gasteiger partial charge in [0.2, 0.25) is 0 Å². The molecule has 0 saturated carbocycles. The second-order valence-electron chi connectivity index (χ2n) is 6.33. The Bertz CT molecular complexity index is 1090. The topological polar surface area (TPSA) is 69.2 Å². The summed E-state index contributed by atoms with van der Waals surface area (Å²) in [6.45, 7) is 0.286. The van der Waals surface area contributed by atoms with Gasteiger partial charge >= 0.3 is 0 Å². The Morgan fingerprint density at radius 3 is 2.48 bits per heavy atom. The molecule has 0 spiro atoms. The van der Waals surface area contributed by atoms with Gasteiger partial charge in [-0.3, -0.25) is 4.79 Å². The van der Waals surface area contributed by atoms with Crippen LogP contribution in [0.4, 0.5) is 0 Å². The highest BCUT2D eigenvalue weighted by Gasteiger charge is 2.09. The highest BCUT2D eigenvalue weighted by molar-refractivity contribution is 6.35. The second kappa shape index (κ2) is 10.7. The Morgan fingerprint density at radius 1 is 1.03 bits per heavy atom. The van der Waals surface area contributed by atoms with Crippen LogP contribution in [-0.4, -0.2) is 26.3 Å². The van der Waals surface area contributed by atoms with Crippen molar-refractivity contribution in [1.82, 2.24) is 5.43 Å². The number of para-hydroxylation sites is 1. The number of carbonyl (C=O) groups is 1. The maximum Gasteiger partial charge on any atom is 0.271 e. The van der Waals surface area contributed by atoms with E-state index in [2.05, 4.69) is 10.5 Å². The molecule has 3 rings (SSSR count). The lowest BCUT2D eigenvalue weighted by Crippen LogP contribution is -2.17. The molecule has 0 atom stereocenters. The standard InChI is InChI=1S/C23H20Cl2N2O4/c1-29-21-5-3-4-16(22(21)30-2)13-26-27-23(28)15-7-10-19(11-8-15)31-14-17-6-9-18(24)12-20(17)25/h3-13H,14H2,1-2H3,(H,27,28)/b26-13+. The molecule has 1 N–H and O–H groups in total. The van der Waals surface area contributed by atoms with E-state index in [9.17, 15) is 4.79 Å². The SMILES string of the molecule is COc1cccc(/C=N/NC(=O)c2ccc(OCc3ccc(Cl)cc3Cl)cc2)c1OC. The van der Waals surface area contributed by atoms with Gasteiger partial charge in [-0.2, -0.15) is 5.10 Å². The molecule has 0 fully saturated rings. The molecule has 0 saturated heterocycles.